The van der Waals surface area contributed by atoms with Gasteiger partial charge in [0.05, 0.1) is 12.8 Å². The number of thioether (sulfide) groups is 1. The molecule has 1 N–H and O–H groups in total. The van der Waals surface area contributed by atoms with Gasteiger partial charge in [-0.05, 0) is 13.2 Å². The van der Waals surface area contributed by atoms with Crippen LogP contribution in [-0.2, 0) is 9.47 Å². The number of fused-ring (bicyclic) bond motifs is 1. The maximum absolute atomic E-state index is 9.82. The van der Waals surface area contributed by atoms with E-state index in [0.29, 0.717) is 11.2 Å². The van der Waals surface area contributed by atoms with E-state index < -0.39 is 12.2 Å². The number of ether oxygens (including phenoxy) is 2. The average molecular weight is 309 g/mol. The molecule has 3 atom stereocenters. The molecular formula is C12H15N5O3S. The first-order chi connectivity index (χ1) is 10.2. The fourth-order valence-electron chi connectivity index (χ4n) is 1.99. The Kier molecular flexibility index (Phi) is 4.15. The van der Waals surface area contributed by atoms with Gasteiger partial charge in [0.15, 0.2) is 11.9 Å². The Morgan fingerprint density at radius 1 is 1.48 bits per heavy atom. The fraction of sp³-hybridized carbons (Fsp3) is 0.500. The van der Waals surface area contributed by atoms with Crippen LogP contribution in [0.15, 0.2) is 22.8 Å². The molecule has 3 heterocycles. The number of aliphatic hydroxyl groups is 1. The monoisotopic (exact) mass is 309 g/mol. The minimum atomic E-state index is -0.740. The van der Waals surface area contributed by atoms with E-state index >= 15 is 0 Å². The zero-order valence-electron chi connectivity index (χ0n) is 11.6. The van der Waals surface area contributed by atoms with Gasteiger partial charge in [0.1, 0.15) is 35.4 Å². The number of imidazole rings is 1. The molecule has 8 nitrogen and oxygen atoms in total. The molecule has 3 rings (SSSR count). The molecule has 21 heavy (non-hydrogen) atoms. The number of aromatic nitrogens is 4. The van der Waals surface area contributed by atoms with Gasteiger partial charge in [-0.2, -0.15) is 5.10 Å². The summed E-state index contributed by atoms with van der Waals surface area (Å²) in [6.45, 7) is 2.00. The van der Waals surface area contributed by atoms with Crippen LogP contribution in [0.2, 0.25) is 0 Å². The van der Waals surface area contributed by atoms with E-state index in [2.05, 4.69) is 20.1 Å². The number of nitrogens with zero attached hydrogens (tertiary/aromatic N) is 5. The van der Waals surface area contributed by atoms with E-state index in [1.807, 2.05) is 6.26 Å². The molecule has 0 radical (unpaired) electrons. The Morgan fingerprint density at radius 3 is 3.14 bits per heavy atom. The predicted octanol–water partition coefficient (Wildman–Crippen LogP) is 0.504. The highest BCUT2D eigenvalue weighted by molar-refractivity contribution is 7.98. The molecule has 1 aliphatic heterocycles. The lowest BCUT2D eigenvalue weighted by molar-refractivity contribution is -0.224. The number of hydrogen-bond acceptors (Lipinski definition) is 8. The van der Waals surface area contributed by atoms with E-state index in [4.69, 9.17) is 9.47 Å². The maximum atomic E-state index is 9.82. The van der Waals surface area contributed by atoms with Crippen molar-refractivity contribution < 1.29 is 14.6 Å². The number of hydrogen-bond donors (Lipinski definition) is 1. The van der Waals surface area contributed by atoms with Gasteiger partial charge in [-0.3, -0.25) is 0 Å². The number of rotatable bonds is 3. The second kappa shape index (κ2) is 6.06. The van der Waals surface area contributed by atoms with Gasteiger partial charge in [-0.15, -0.1) is 11.8 Å². The van der Waals surface area contributed by atoms with Crippen molar-refractivity contribution in [2.45, 2.75) is 30.4 Å². The van der Waals surface area contributed by atoms with E-state index in [0.717, 1.165) is 5.03 Å². The lowest BCUT2D eigenvalue weighted by Crippen LogP contribution is -2.43. The molecule has 9 heteroatoms. The summed E-state index contributed by atoms with van der Waals surface area (Å²) in [5.41, 5.74) is 1.31. The van der Waals surface area contributed by atoms with Crippen LogP contribution in [0.4, 0.5) is 0 Å². The molecule has 3 unspecified atom stereocenters. The quantitative estimate of drug-likeness (QED) is 0.501. The minimum Gasteiger partial charge on any atom is -0.388 e. The van der Waals surface area contributed by atoms with Gasteiger partial charge in [0.25, 0.3) is 0 Å². The Morgan fingerprint density at radius 2 is 2.33 bits per heavy atom. The van der Waals surface area contributed by atoms with Crippen molar-refractivity contribution in [2.75, 3.05) is 12.9 Å². The molecule has 2 aromatic rings. The zero-order valence-corrected chi connectivity index (χ0v) is 12.4. The third-order valence-electron chi connectivity index (χ3n) is 3.04. The summed E-state index contributed by atoms with van der Waals surface area (Å²) in [4.78, 5) is 12.6. The summed E-state index contributed by atoms with van der Waals surface area (Å²) in [5, 5.41) is 14.9. The third kappa shape index (κ3) is 2.91. The summed E-state index contributed by atoms with van der Waals surface area (Å²) in [6.07, 6.45) is 4.87. The molecule has 1 fully saturated rings. The van der Waals surface area contributed by atoms with Gasteiger partial charge in [-0.1, -0.05) is 0 Å². The second-order valence-corrected chi connectivity index (χ2v) is 5.27. The Labute approximate surface area is 125 Å². The van der Waals surface area contributed by atoms with Crippen LogP contribution >= 0.6 is 11.8 Å². The molecule has 1 aliphatic rings. The van der Waals surface area contributed by atoms with E-state index in [9.17, 15) is 5.11 Å². The van der Waals surface area contributed by atoms with Gasteiger partial charge < -0.3 is 14.6 Å². The largest absolute Gasteiger partial charge is 0.388 e. The van der Waals surface area contributed by atoms with E-state index in [-0.39, 0.29) is 12.9 Å². The van der Waals surface area contributed by atoms with Crippen molar-refractivity contribution in [1.29, 1.82) is 0 Å². The first-order valence-corrected chi connectivity index (χ1v) is 7.63. The smallest absolute Gasteiger partial charge is 0.185 e. The zero-order chi connectivity index (χ0) is 14.8. The van der Waals surface area contributed by atoms with E-state index in [1.54, 1.807) is 13.3 Å². The van der Waals surface area contributed by atoms with Crippen LogP contribution in [0.25, 0.3) is 11.2 Å². The molecule has 0 spiro atoms. The summed E-state index contributed by atoms with van der Waals surface area (Å²) in [5.74, 6) is 0. The Balaban J connectivity index is 1.86. The highest BCUT2D eigenvalue weighted by Crippen LogP contribution is 2.20. The molecular weight excluding hydrogens is 294 g/mol. The lowest BCUT2D eigenvalue weighted by Gasteiger charge is -2.29. The first-order valence-electron chi connectivity index (χ1n) is 6.40. The van der Waals surface area contributed by atoms with Gasteiger partial charge in [0.2, 0.25) is 0 Å². The van der Waals surface area contributed by atoms with Crippen LogP contribution in [0.3, 0.4) is 0 Å². The summed E-state index contributed by atoms with van der Waals surface area (Å²) in [7, 11) is 0. The van der Waals surface area contributed by atoms with Crippen LogP contribution in [-0.4, -0.2) is 62.3 Å². The van der Waals surface area contributed by atoms with Gasteiger partial charge in [0, 0.05) is 0 Å². The highest BCUT2D eigenvalue weighted by Gasteiger charge is 2.27. The van der Waals surface area contributed by atoms with Crippen molar-refractivity contribution in [3.8, 4) is 0 Å². The fourth-order valence-corrected chi connectivity index (χ4v) is 2.48. The second-order valence-electron chi connectivity index (χ2n) is 4.48. The molecule has 0 saturated carbocycles. The summed E-state index contributed by atoms with van der Waals surface area (Å²) >= 11 is 1.50. The van der Waals surface area contributed by atoms with Crippen molar-refractivity contribution in [3.63, 3.8) is 0 Å². The molecule has 0 aliphatic carbocycles. The van der Waals surface area contributed by atoms with Crippen molar-refractivity contribution in [1.82, 2.24) is 19.6 Å². The molecule has 1 saturated heterocycles. The van der Waals surface area contributed by atoms with Crippen LogP contribution < -0.4 is 0 Å². The van der Waals surface area contributed by atoms with Crippen molar-refractivity contribution >= 4 is 29.1 Å². The maximum Gasteiger partial charge on any atom is 0.185 e. The lowest BCUT2D eigenvalue weighted by atomic mass is 10.2. The first kappa shape index (κ1) is 14.4. The molecule has 2 aromatic heterocycles. The number of aliphatic hydroxyl groups excluding tert-OH is 1. The topological polar surface area (TPSA) is 94.7 Å². The SMILES string of the molecule is CSc1ncnc2c1ncn2/N=C/C1OC(C)OCC1O. The Hall–Kier alpha value is -1.55. The van der Waals surface area contributed by atoms with Crippen LogP contribution in [0.5, 0.6) is 0 Å². The molecule has 0 amide bonds. The van der Waals surface area contributed by atoms with Crippen LogP contribution in [0, 0.1) is 0 Å². The van der Waals surface area contributed by atoms with Crippen molar-refractivity contribution in [2.24, 2.45) is 5.10 Å². The Bertz CT molecular complexity index is 661. The molecule has 112 valence electrons. The summed E-state index contributed by atoms with van der Waals surface area (Å²) in [6, 6.07) is 0. The normalized spacial score (nSPS) is 26.7. The van der Waals surface area contributed by atoms with Gasteiger partial charge >= 0.3 is 0 Å². The van der Waals surface area contributed by atoms with Crippen LogP contribution in [0.1, 0.15) is 6.92 Å². The summed E-state index contributed by atoms with van der Waals surface area (Å²) < 4.78 is 12.2. The van der Waals surface area contributed by atoms with Crippen molar-refractivity contribution in [3.05, 3.63) is 12.7 Å². The standard InChI is InChI=1S/C12H15N5O3S/c1-7-19-4-8(18)9(20-7)3-16-17-6-15-10-11(17)13-5-14-12(10)21-2/h3,5-9,18H,4H2,1-2H3/b16-3+. The van der Waals surface area contributed by atoms with E-state index in [1.165, 1.54) is 29.0 Å². The van der Waals surface area contributed by atoms with Gasteiger partial charge in [-0.25, -0.2) is 19.6 Å². The highest BCUT2D eigenvalue weighted by atomic mass is 32.2. The molecule has 0 aromatic carbocycles. The molecule has 0 bridgehead atoms. The predicted molar refractivity (Wildman–Crippen MR) is 77.3 cm³/mol. The average Bonchev–Trinajstić information content (AvgIpc) is 2.91. The minimum absolute atomic E-state index is 0.224. The third-order valence-corrected chi connectivity index (χ3v) is 3.73.